The van der Waals surface area contributed by atoms with E-state index < -0.39 is 6.10 Å². The second-order valence-corrected chi connectivity index (χ2v) is 4.95. The lowest BCUT2D eigenvalue weighted by Gasteiger charge is -2.15. The molecule has 0 unspecified atom stereocenters. The summed E-state index contributed by atoms with van der Waals surface area (Å²) in [6.07, 6.45) is 5.20. The van der Waals surface area contributed by atoms with Crippen molar-refractivity contribution in [2.75, 3.05) is 13.1 Å². The average molecular weight is 272 g/mol. The number of β-amino-alcohol motifs (C(OH)–C–C–N with tert-alkyl or cyclic N) is 1. The van der Waals surface area contributed by atoms with Crippen LogP contribution in [0.3, 0.4) is 0 Å². The molecule has 1 fully saturated rings. The zero-order valence-electron chi connectivity index (χ0n) is 11.2. The van der Waals surface area contributed by atoms with E-state index in [1.54, 1.807) is 28.2 Å². The van der Waals surface area contributed by atoms with E-state index in [-0.39, 0.29) is 5.91 Å². The van der Waals surface area contributed by atoms with E-state index in [0.29, 0.717) is 25.1 Å². The smallest absolute Gasteiger partial charge is 0.257 e. The van der Waals surface area contributed by atoms with Gasteiger partial charge in [0.25, 0.3) is 5.91 Å². The maximum Gasteiger partial charge on any atom is 0.257 e. The Kier molecular flexibility index (Phi) is 3.23. The van der Waals surface area contributed by atoms with Gasteiger partial charge in [0.1, 0.15) is 0 Å². The second kappa shape index (κ2) is 5.05. The third-order valence-electron chi connectivity index (χ3n) is 3.60. The fourth-order valence-corrected chi connectivity index (χ4v) is 2.46. The van der Waals surface area contributed by atoms with Crippen LogP contribution in [0, 0.1) is 6.92 Å². The third-order valence-corrected chi connectivity index (χ3v) is 3.60. The van der Waals surface area contributed by atoms with Crippen molar-refractivity contribution in [1.82, 2.24) is 19.7 Å². The maximum absolute atomic E-state index is 12.4. The quantitative estimate of drug-likeness (QED) is 0.877. The lowest BCUT2D eigenvalue weighted by atomic mass is 10.2. The standard InChI is InChI=1S/C14H16N4O2/c1-10-13(14(20)17-7-4-12(19)9-17)8-16-18(10)11-2-5-15-6-3-11/h2-3,5-6,8,12,19H,4,7,9H2,1H3/t12-/m0/s1. The first-order valence-electron chi connectivity index (χ1n) is 6.59. The molecular formula is C14H16N4O2. The van der Waals surface area contributed by atoms with Crippen molar-refractivity contribution in [1.29, 1.82) is 0 Å². The number of aliphatic hydroxyl groups is 1. The van der Waals surface area contributed by atoms with Crippen molar-refractivity contribution >= 4 is 5.91 Å². The summed E-state index contributed by atoms with van der Waals surface area (Å²) in [6.45, 7) is 2.87. The number of likely N-dealkylation sites (tertiary alicyclic amines) is 1. The second-order valence-electron chi connectivity index (χ2n) is 4.95. The normalized spacial score (nSPS) is 18.5. The first kappa shape index (κ1) is 12.8. The van der Waals surface area contributed by atoms with E-state index in [9.17, 15) is 9.90 Å². The van der Waals surface area contributed by atoms with E-state index in [4.69, 9.17) is 0 Å². The van der Waals surface area contributed by atoms with Gasteiger partial charge in [0.15, 0.2) is 0 Å². The molecule has 0 bridgehead atoms. The Hall–Kier alpha value is -2.21. The van der Waals surface area contributed by atoms with E-state index in [1.165, 1.54) is 0 Å². The average Bonchev–Trinajstić information content (AvgIpc) is 3.05. The predicted molar refractivity (Wildman–Crippen MR) is 72.6 cm³/mol. The summed E-state index contributed by atoms with van der Waals surface area (Å²) in [5.41, 5.74) is 2.25. The summed E-state index contributed by atoms with van der Waals surface area (Å²) in [5.74, 6) is -0.0700. The number of hydrogen-bond acceptors (Lipinski definition) is 4. The van der Waals surface area contributed by atoms with Crippen LogP contribution in [0.1, 0.15) is 22.5 Å². The van der Waals surface area contributed by atoms with Crippen LogP contribution < -0.4 is 0 Å². The van der Waals surface area contributed by atoms with Gasteiger partial charge in [-0.1, -0.05) is 0 Å². The van der Waals surface area contributed by atoms with E-state index in [0.717, 1.165) is 11.4 Å². The third kappa shape index (κ3) is 2.18. The molecule has 1 N–H and O–H groups in total. The van der Waals surface area contributed by atoms with Gasteiger partial charge in [-0.3, -0.25) is 9.78 Å². The summed E-state index contributed by atoms with van der Waals surface area (Å²) in [4.78, 5) is 18.0. The summed E-state index contributed by atoms with van der Waals surface area (Å²) in [7, 11) is 0. The molecule has 0 aromatic carbocycles. The van der Waals surface area contributed by atoms with Crippen molar-refractivity contribution in [2.24, 2.45) is 0 Å². The molecular weight excluding hydrogens is 256 g/mol. The highest BCUT2D eigenvalue weighted by molar-refractivity contribution is 5.95. The minimum Gasteiger partial charge on any atom is -0.391 e. The van der Waals surface area contributed by atoms with Crippen LogP contribution in [-0.2, 0) is 0 Å². The molecule has 6 heteroatoms. The zero-order chi connectivity index (χ0) is 14.1. The number of carbonyl (C=O) groups is 1. The van der Waals surface area contributed by atoms with E-state index in [1.807, 2.05) is 19.1 Å². The SMILES string of the molecule is Cc1c(C(=O)N2CC[C@H](O)C2)cnn1-c1ccncc1. The first-order valence-corrected chi connectivity index (χ1v) is 6.59. The summed E-state index contributed by atoms with van der Waals surface area (Å²) >= 11 is 0. The minimum absolute atomic E-state index is 0.0700. The molecule has 104 valence electrons. The van der Waals surface area contributed by atoms with Gasteiger partial charge in [-0.15, -0.1) is 0 Å². The summed E-state index contributed by atoms with van der Waals surface area (Å²) in [6, 6.07) is 3.68. The van der Waals surface area contributed by atoms with Crippen LogP contribution in [-0.4, -0.2) is 49.9 Å². The molecule has 0 saturated carbocycles. The van der Waals surface area contributed by atoms with Crippen LogP contribution in [0.2, 0.25) is 0 Å². The van der Waals surface area contributed by atoms with Gasteiger partial charge >= 0.3 is 0 Å². The largest absolute Gasteiger partial charge is 0.391 e. The highest BCUT2D eigenvalue weighted by atomic mass is 16.3. The molecule has 6 nitrogen and oxygen atoms in total. The molecule has 1 atom stereocenters. The van der Waals surface area contributed by atoms with Gasteiger partial charge in [0.05, 0.1) is 29.2 Å². The number of nitrogens with zero attached hydrogens (tertiary/aromatic N) is 4. The van der Waals surface area contributed by atoms with Gasteiger partial charge in [-0.2, -0.15) is 5.10 Å². The number of carbonyl (C=O) groups excluding carboxylic acids is 1. The topological polar surface area (TPSA) is 71.2 Å². The van der Waals surface area contributed by atoms with Crippen LogP contribution in [0.25, 0.3) is 5.69 Å². The number of aliphatic hydroxyl groups excluding tert-OH is 1. The number of pyridine rings is 1. The lowest BCUT2D eigenvalue weighted by molar-refractivity contribution is 0.0764. The van der Waals surface area contributed by atoms with Gasteiger partial charge in [-0.25, -0.2) is 4.68 Å². The van der Waals surface area contributed by atoms with Crippen LogP contribution in [0.15, 0.2) is 30.7 Å². The highest BCUT2D eigenvalue weighted by Crippen LogP contribution is 2.18. The zero-order valence-corrected chi connectivity index (χ0v) is 11.2. The van der Waals surface area contributed by atoms with Gasteiger partial charge < -0.3 is 10.0 Å². The Bertz CT molecular complexity index is 623. The molecule has 1 amide bonds. The molecule has 3 rings (SSSR count). The van der Waals surface area contributed by atoms with E-state index >= 15 is 0 Å². The molecule has 2 aromatic rings. The Labute approximate surface area is 116 Å². The molecule has 0 spiro atoms. The summed E-state index contributed by atoms with van der Waals surface area (Å²) < 4.78 is 1.72. The molecule has 1 aliphatic heterocycles. The molecule has 2 aromatic heterocycles. The van der Waals surface area contributed by atoms with Crippen molar-refractivity contribution in [3.05, 3.63) is 42.0 Å². The number of hydrogen-bond donors (Lipinski definition) is 1. The number of amides is 1. The van der Waals surface area contributed by atoms with E-state index in [2.05, 4.69) is 10.1 Å². The minimum atomic E-state index is -0.408. The van der Waals surface area contributed by atoms with Crippen LogP contribution >= 0.6 is 0 Å². The molecule has 0 radical (unpaired) electrons. The predicted octanol–water partition coefficient (Wildman–Crippen LogP) is 0.783. The monoisotopic (exact) mass is 272 g/mol. The fraction of sp³-hybridized carbons (Fsp3) is 0.357. The van der Waals surface area contributed by atoms with Gasteiger partial charge in [-0.05, 0) is 25.5 Å². The Morgan fingerprint density at radius 1 is 1.40 bits per heavy atom. The molecule has 1 aliphatic rings. The van der Waals surface area contributed by atoms with Crippen LogP contribution in [0.5, 0.6) is 0 Å². The molecule has 0 aliphatic carbocycles. The Morgan fingerprint density at radius 2 is 2.15 bits per heavy atom. The van der Waals surface area contributed by atoms with Crippen molar-refractivity contribution in [2.45, 2.75) is 19.4 Å². The van der Waals surface area contributed by atoms with Crippen LogP contribution in [0.4, 0.5) is 0 Å². The maximum atomic E-state index is 12.4. The van der Waals surface area contributed by atoms with Crippen molar-refractivity contribution in [3.8, 4) is 5.69 Å². The number of rotatable bonds is 2. The number of aromatic nitrogens is 3. The lowest BCUT2D eigenvalue weighted by Crippen LogP contribution is -2.29. The Morgan fingerprint density at radius 3 is 2.80 bits per heavy atom. The summed E-state index contributed by atoms with van der Waals surface area (Å²) in [5, 5.41) is 13.8. The van der Waals surface area contributed by atoms with Gasteiger partial charge in [0.2, 0.25) is 0 Å². The van der Waals surface area contributed by atoms with Gasteiger partial charge in [0, 0.05) is 25.5 Å². The molecule has 3 heterocycles. The first-order chi connectivity index (χ1) is 9.66. The highest BCUT2D eigenvalue weighted by Gasteiger charge is 2.27. The molecule has 20 heavy (non-hydrogen) atoms. The van der Waals surface area contributed by atoms with Crippen molar-refractivity contribution < 1.29 is 9.90 Å². The Balaban J connectivity index is 1.89. The van der Waals surface area contributed by atoms with Crippen molar-refractivity contribution in [3.63, 3.8) is 0 Å². The fourth-order valence-electron chi connectivity index (χ4n) is 2.46. The molecule has 1 saturated heterocycles.